The van der Waals surface area contributed by atoms with Crippen molar-refractivity contribution in [2.24, 2.45) is 5.84 Å². The molecule has 2 saturated heterocycles. The minimum absolute atomic E-state index is 0.0126. The van der Waals surface area contributed by atoms with Crippen LogP contribution in [0.4, 0.5) is 5.82 Å². The maximum atomic E-state index is 13.4. The number of carbonyl (C=O) groups excluding carboxylic acids is 2. The van der Waals surface area contributed by atoms with E-state index in [-0.39, 0.29) is 17.6 Å². The summed E-state index contributed by atoms with van der Waals surface area (Å²) in [5.41, 5.74) is 3.72. The average Bonchev–Trinajstić information content (AvgIpc) is 3.47. The average molecular weight is 401 g/mol. The number of nitrogens with two attached hydrogens (primary N) is 1. The number of amides is 2. The molecule has 9 heteroatoms. The van der Waals surface area contributed by atoms with Gasteiger partial charge in [0, 0.05) is 36.3 Å². The molecule has 2 fully saturated rings. The number of rotatable bonds is 4. The van der Waals surface area contributed by atoms with Crippen LogP contribution in [0.2, 0.25) is 0 Å². The molecule has 2 aromatic rings. The van der Waals surface area contributed by atoms with Crippen molar-refractivity contribution in [2.45, 2.75) is 38.6 Å². The summed E-state index contributed by atoms with van der Waals surface area (Å²) in [7, 11) is 0. The summed E-state index contributed by atoms with van der Waals surface area (Å²) in [5, 5.41) is 2.98. The first-order valence-corrected chi connectivity index (χ1v) is 10.5. The highest BCUT2D eigenvalue weighted by atomic mass is 32.1. The molecule has 28 heavy (non-hydrogen) atoms. The Morgan fingerprint density at radius 2 is 1.96 bits per heavy atom. The van der Waals surface area contributed by atoms with Crippen LogP contribution in [0.25, 0.3) is 0 Å². The number of pyridine rings is 1. The first-order valence-electron chi connectivity index (χ1n) is 9.58. The number of hydrogen-bond acceptors (Lipinski definition) is 7. The van der Waals surface area contributed by atoms with Gasteiger partial charge in [-0.3, -0.25) is 15.0 Å². The highest BCUT2D eigenvalue weighted by Gasteiger charge is 2.33. The van der Waals surface area contributed by atoms with E-state index in [0.29, 0.717) is 17.9 Å². The highest BCUT2D eigenvalue weighted by molar-refractivity contribution is 7.09. The Kier molecular flexibility index (Phi) is 5.27. The van der Waals surface area contributed by atoms with Crippen LogP contribution >= 0.6 is 11.3 Å². The second kappa shape index (κ2) is 7.84. The van der Waals surface area contributed by atoms with E-state index < -0.39 is 5.91 Å². The first-order chi connectivity index (χ1) is 13.6. The van der Waals surface area contributed by atoms with Gasteiger partial charge in [-0.05, 0) is 44.7 Å². The van der Waals surface area contributed by atoms with Gasteiger partial charge in [0.1, 0.15) is 16.5 Å². The maximum absolute atomic E-state index is 13.4. The summed E-state index contributed by atoms with van der Waals surface area (Å²) < 4.78 is 0. The van der Waals surface area contributed by atoms with E-state index in [1.807, 2.05) is 17.2 Å². The van der Waals surface area contributed by atoms with Crippen LogP contribution < -0.4 is 16.2 Å². The topological polar surface area (TPSA) is 104 Å². The normalized spacial score (nSPS) is 19.3. The number of aromatic nitrogens is 2. The zero-order chi connectivity index (χ0) is 19.7. The molecule has 4 rings (SSSR count). The number of nitrogen functional groups attached to an aromatic ring is 1. The lowest BCUT2D eigenvalue weighted by Gasteiger charge is -2.24. The van der Waals surface area contributed by atoms with Crippen molar-refractivity contribution in [3.8, 4) is 0 Å². The van der Waals surface area contributed by atoms with E-state index in [2.05, 4.69) is 20.3 Å². The summed E-state index contributed by atoms with van der Waals surface area (Å²) in [6.07, 6.45) is 4.00. The van der Waals surface area contributed by atoms with Gasteiger partial charge in [-0.25, -0.2) is 15.8 Å². The number of nitrogens with zero attached hydrogens (tertiary/aromatic N) is 4. The van der Waals surface area contributed by atoms with Crippen LogP contribution in [0.5, 0.6) is 0 Å². The molecule has 0 unspecified atom stereocenters. The third-order valence-corrected chi connectivity index (χ3v) is 6.35. The van der Waals surface area contributed by atoms with E-state index in [1.54, 1.807) is 17.4 Å². The van der Waals surface area contributed by atoms with Crippen LogP contribution in [-0.2, 0) is 0 Å². The molecule has 0 aliphatic carbocycles. The van der Waals surface area contributed by atoms with Gasteiger partial charge in [0.2, 0.25) is 0 Å². The van der Waals surface area contributed by atoms with Crippen molar-refractivity contribution in [1.29, 1.82) is 0 Å². The maximum Gasteiger partial charge on any atom is 0.283 e. The Bertz CT molecular complexity index is 892. The Balaban J connectivity index is 1.67. The van der Waals surface area contributed by atoms with E-state index in [9.17, 15) is 9.59 Å². The van der Waals surface area contributed by atoms with E-state index in [4.69, 9.17) is 5.84 Å². The fourth-order valence-corrected chi connectivity index (χ4v) is 4.84. The molecule has 1 atom stereocenters. The monoisotopic (exact) mass is 400 g/mol. The molecular weight excluding hydrogens is 376 g/mol. The van der Waals surface area contributed by atoms with E-state index in [1.165, 1.54) is 6.07 Å². The molecule has 2 aromatic heterocycles. The fraction of sp³-hybridized carbons (Fsp3) is 0.474. The molecule has 0 saturated carbocycles. The standard InChI is InChI=1S/C19H24N6O2S/c1-12-11-28-18(21-12)15-5-4-8-25(15)19(27)13-9-14(17(26)23-20)22-16(10-13)24-6-2-3-7-24/h9-11,15H,2-8,20H2,1H3,(H,23,26)/t15-/m1/s1. The van der Waals surface area contributed by atoms with Crippen LogP contribution in [0, 0.1) is 6.92 Å². The predicted molar refractivity (Wildman–Crippen MR) is 107 cm³/mol. The minimum atomic E-state index is -0.497. The molecule has 0 spiro atoms. The molecule has 8 nitrogen and oxygen atoms in total. The second-order valence-corrected chi connectivity index (χ2v) is 8.14. The molecule has 2 aliphatic rings. The first kappa shape index (κ1) is 18.8. The number of thiazole rings is 1. The zero-order valence-corrected chi connectivity index (χ0v) is 16.7. The van der Waals surface area contributed by atoms with Crippen molar-refractivity contribution >= 4 is 29.0 Å². The lowest BCUT2D eigenvalue weighted by Crippen LogP contribution is -2.33. The summed E-state index contributed by atoms with van der Waals surface area (Å²) in [5.74, 6) is 5.37. The van der Waals surface area contributed by atoms with Crippen LogP contribution in [0.1, 0.15) is 63.3 Å². The van der Waals surface area contributed by atoms with E-state index >= 15 is 0 Å². The second-order valence-electron chi connectivity index (χ2n) is 7.25. The Hall–Kier alpha value is -2.52. The van der Waals surface area contributed by atoms with Gasteiger partial charge in [0.25, 0.3) is 11.8 Å². The predicted octanol–water partition coefficient (Wildman–Crippen LogP) is 2.03. The van der Waals surface area contributed by atoms with Gasteiger partial charge in [-0.15, -0.1) is 11.3 Å². The number of aryl methyl sites for hydroxylation is 1. The number of hydrogen-bond donors (Lipinski definition) is 2. The Labute approximate surface area is 167 Å². The molecule has 0 radical (unpaired) electrons. The van der Waals surface area contributed by atoms with Gasteiger partial charge in [0.05, 0.1) is 6.04 Å². The van der Waals surface area contributed by atoms with Crippen molar-refractivity contribution in [2.75, 3.05) is 24.5 Å². The number of hydrazine groups is 1. The lowest BCUT2D eigenvalue weighted by atomic mass is 10.1. The van der Waals surface area contributed by atoms with Crippen molar-refractivity contribution < 1.29 is 9.59 Å². The summed E-state index contributed by atoms with van der Waals surface area (Å²) in [4.78, 5) is 38.5. The van der Waals surface area contributed by atoms with E-state index in [0.717, 1.165) is 49.5 Å². The summed E-state index contributed by atoms with van der Waals surface area (Å²) in [6.45, 7) is 4.39. The van der Waals surface area contributed by atoms with Gasteiger partial charge >= 0.3 is 0 Å². The molecule has 4 heterocycles. The zero-order valence-electron chi connectivity index (χ0n) is 15.9. The molecule has 0 bridgehead atoms. The fourth-order valence-electron chi connectivity index (χ4n) is 3.90. The Morgan fingerprint density at radius 1 is 1.18 bits per heavy atom. The number of likely N-dealkylation sites (tertiary alicyclic amines) is 1. The molecular formula is C19H24N6O2S. The van der Waals surface area contributed by atoms with Gasteiger partial charge < -0.3 is 9.80 Å². The van der Waals surface area contributed by atoms with Gasteiger partial charge in [0.15, 0.2) is 0 Å². The lowest BCUT2D eigenvalue weighted by molar-refractivity contribution is 0.0735. The number of anilines is 1. The molecule has 0 aromatic carbocycles. The van der Waals surface area contributed by atoms with Gasteiger partial charge in [-0.1, -0.05) is 0 Å². The van der Waals surface area contributed by atoms with Crippen LogP contribution in [0.3, 0.4) is 0 Å². The molecule has 148 valence electrons. The van der Waals surface area contributed by atoms with Crippen LogP contribution in [-0.4, -0.2) is 46.3 Å². The Morgan fingerprint density at radius 3 is 2.64 bits per heavy atom. The van der Waals surface area contributed by atoms with Crippen molar-refractivity contribution in [3.05, 3.63) is 39.5 Å². The largest absolute Gasteiger partial charge is 0.357 e. The quantitative estimate of drug-likeness (QED) is 0.462. The summed E-state index contributed by atoms with van der Waals surface area (Å²) >= 11 is 1.59. The van der Waals surface area contributed by atoms with Gasteiger partial charge in [-0.2, -0.15) is 0 Å². The molecule has 2 aliphatic heterocycles. The van der Waals surface area contributed by atoms with Crippen molar-refractivity contribution in [1.82, 2.24) is 20.3 Å². The summed E-state index contributed by atoms with van der Waals surface area (Å²) in [6, 6.07) is 3.32. The SMILES string of the molecule is Cc1csc([C@H]2CCCN2C(=O)c2cc(C(=O)NN)nc(N3CCCC3)c2)n1. The molecule has 3 N–H and O–H groups in total. The number of carbonyl (C=O) groups is 2. The molecule has 2 amide bonds. The van der Waals surface area contributed by atoms with Crippen molar-refractivity contribution in [3.63, 3.8) is 0 Å². The third kappa shape index (κ3) is 3.59. The number of nitrogens with one attached hydrogen (secondary N) is 1. The smallest absolute Gasteiger partial charge is 0.283 e. The highest BCUT2D eigenvalue weighted by Crippen LogP contribution is 2.35. The third-order valence-electron chi connectivity index (χ3n) is 5.29. The minimum Gasteiger partial charge on any atom is -0.357 e. The van der Waals surface area contributed by atoms with Crippen LogP contribution in [0.15, 0.2) is 17.5 Å².